The number of nitrogens with zero attached hydrogens (tertiary/aromatic N) is 3. The van der Waals surface area contributed by atoms with Gasteiger partial charge in [-0.05, 0) is 18.9 Å². The van der Waals surface area contributed by atoms with Crippen LogP contribution in [0, 0.1) is 0 Å². The number of amides is 1. The van der Waals surface area contributed by atoms with Crippen LogP contribution in [0.3, 0.4) is 0 Å². The maximum atomic E-state index is 12.5. The molecular formula is C16H17N3O5. The molecule has 0 radical (unpaired) electrons. The van der Waals surface area contributed by atoms with Crippen molar-refractivity contribution < 1.29 is 18.7 Å². The van der Waals surface area contributed by atoms with Crippen molar-refractivity contribution in [1.82, 2.24) is 14.9 Å². The Balaban J connectivity index is 1.66. The standard InChI is InChI=1S/C16H17N3O5/c1-22-16-17-7-6-13(18-16)24-12-3-2-8-19(9-12)15(21)11-4-5-14(20)23-10-11/h4-7,10,12H,2-3,8-9H2,1H3. The van der Waals surface area contributed by atoms with Crippen LogP contribution in [-0.2, 0) is 0 Å². The lowest BCUT2D eigenvalue weighted by Crippen LogP contribution is -2.44. The first-order valence-corrected chi connectivity index (χ1v) is 7.57. The molecule has 0 N–H and O–H groups in total. The molecule has 2 aromatic heterocycles. The SMILES string of the molecule is COc1nccc(OC2CCCN(C(=O)c3ccc(=O)oc3)C2)n1. The summed E-state index contributed by atoms with van der Waals surface area (Å²) in [5.74, 6) is 0.221. The molecule has 0 bridgehead atoms. The van der Waals surface area contributed by atoms with Gasteiger partial charge in [0.1, 0.15) is 12.4 Å². The van der Waals surface area contributed by atoms with Crippen molar-refractivity contribution in [2.75, 3.05) is 20.2 Å². The van der Waals surface area contributed by atoms with Gasteiger partial charge in [0, 0.05) is 24.9 Å². The van der Waals surface area contributed by atoms with Crippen molar-refractivity contribution in [3.63, 3.8) is 0 Å². The largest absolute Gasteiger partial charge is 0.472 e. The Hall–Kier alpha value is -2.90. The summed E-state index contributed by atoms with van der Waals surface area (Å²) in [6.07, 6.45) is 4.21. The van der Waals surface area contributed by atoms with Gasteiger partial charge in [0.15, 0.2) is 0 Å². The number of hydrogen-bond acceptors (Lipinski definition) is 7. The van der Waals surface area contributed by atoms with E-state index in [2.05, 4.69) is 9.97 Å². The van der Waals surface area contributed by atoms with Crippen molar-refractivity contribution in [1.29, 1.82) is 0 Å². The first-order chi connectivity index (χ1) is 11.7. The summed E-state index contributed by atoms with van der Waals surface area (Å²) in [7, 11) is 1.48. The maximum absolute atomic E-state index is 12.5. The molecule has 3 heterocycles. The number of likely N-dealkylation sites (tertiary alicyclic amines) is 1. The third-order valence-corrected chi connectivity index (χ3v) is 3.69. The van der Waals surface area contributed by atoms with Crippen molar-refractivity contribution in [3.05, 3.63) is 46.6 Å². The lowest BCUT2D eigenvalue weighted by Gasteiger charge is -2.32. The number of hydrogen-bond donors (Lipinski definition) is 0. The van der Waals surface area contributed by atoms with Crippen molar-refractivity contribution in [3.8, 4) is 11.9 Å². The minimum Gasteiger partial charge on any atom is -0.472 e. The third kappa shape index (κ3) is 3.70. The van der Waals surface area contributed by atoms with Crippen LogP contribution < -0.4 is 15.1 Å². The van der Waals surface area contributed by atoms with Crippen molar-refractivity contribution in [2.24, 2.45) is 0 Å². The highest BCUT2D eigenvalue weighted by atomic mass is 16.5. The molecule has 1 amide bonds. The second kappa shape index (κ2) is 7.12. The molecule has 8 nitrogen and oxygen atoms in total. The molecule has 1 unspecified atom stereocenters. The minimum atomic E-state index is -0.482. The van der Waals surface area contributed by atoms with Gasteiger partial charge in [-0.2, -0.15) is 4.98 Å². The lowest BCUT2D eigenvalue weighted by molar-refractivity contribution is 0.0523. The van der Waals surface area contributed by atoms with E-state index in [0.29, 0.717) is 24.5 Å². The van der Waals surface area contributed by atoms with E-state index in [0.717, 1.165) is 12.8 Å². The van der Waals surface area contributed by atoms with Crippen molar-refractivity contribution in [2.45, 2.75) is 18.9 Å². The smallest absolute Gasteiger partial charge is 0.335 e. The average Bonchev–Trinajstić information content (AvgIpc) is 2.62. The highest BCUT2D eigenvalue weighted by Gasteiger charge is 2.26. The van der Waals surface area contributed by atoms with Crippen LogP contribution in [0.1, 0.15) is 23.2 Å². The molecule has 2 aromatic rings. The van der Waals surface area contributed by atoms with Gasteiger partial charge >= 0.3 is 11.6 Å². The quantitative estimate of drug-likeness (QED) is 0.828. The van der Waals surface area contributed by atoms with Gasteiger partial charge in [0.25, 0.3) is 5.91 Å². The fourth-order valence-corrected chi connectivity index (χ4v) is 2.54. The summed E-state index contributed by atoms with van der Waals surface area (Å²) < 4.78 is 15.6. The Morgan fingerprint density at radius 3 is 3.00 bits per heavy atom. The monoisotopic (exact) mass is 331 g/mol. The summed E-state index contributed by atoms with van der Waals surface area (Å²) >= 11 is 0. The highest BCUT2D eigenvalue weighted by molar-refractivity contribution is 5.93. The summed E-state index contributed by atoms with van der Waals surface area (Å²) in [5, 5.41) is 0. The van der Waals surface area contributed by atoms with Gasteiger partial charge in [-0.25, -0.2) is 9.78 Å². The molecule has 24 heavy (non-hydrogen) atoms. The molecule has 8 heteroatoms. The van der Waals surface area contributed by atoms with Gasteiger partial charge in [-0.1, -0.05) is 0 Å². The molecular weight excluding hydrogens is 314 g/mol. The number of carbonyl (C=O) groups excluding carboxylic acids is 1. The minimum absolute atomic E-state index is 0.168. The predicted molar refractivity (Wildman–Crippen MR) is 83.1 cm³/mol. The van der Waals surface area contributed by atoms with Crippen LogP contribution in [0.2, 0.25) is 0 Å². The zero-order chi connectivity index (χ0) is 16.9. The number of piperidine rings is 1. The Bertz CT molecular complexity index is 756. The second-order valence-corrected chi connectivity index (χ2v) is 5.36. The Kier molecular flexibility index (Phi) is 4.74. The number of aromatic nitrogens is 2. The fraction of sp³-hybridized carbons (Fsp3) is 0.375. The normalized spacial score (nSPS) is 17.4. The molecule has 0 spiro atoms. The fourth-order valence-electron chi connectivity index (χ4n) is 2.54. The Labute approximate surface area is 138 Å². The van der Waals surface area contributed by atoms with Crippen LogP contribution in [0.4, 0.5) is 0 Å². The van der Waals surface area contributed by atoms with E-state index in [1.54, 1.807) is 17.2 Å². The molecule has 1 aliphatic heterocycles. The molecule has 0 saturated carbocycles. The van der Waals surface area contributed by atoms with Crippen molar-refractivity contribution >= 4 is 5.91 Å². The molecule has 3 rings (SSSR count). The van der Waals surface area contributed by atoms with E-state index < -0.39 is 5.63 Å². The average molecular weight is 331 g/mol. The topological polar surface area (TPSA) is 94.8 Å². The van der Waals surface area contributed by atoms with Gasteiger partial charge < -0.3 is 18.8 Å². The zero-order valence-electron chi connectivity index (χ0n) is 13.2. The molecule has 1 saturated heterocycles. The number of ether oxygens (including phenoxy) is 2. The van der Waals surface area contributed by atoms with Gasteiger partial charge in [0.05, 0.1) is 19.2 Å². The van der Waals surface area contributed by atoms with E-state index >= 15 is 0 Å². The van der Waals surface area contributed by atoms with E-state index in [1.165, 1.54) is 25.5 Å². The molecule has 1 atom stereocenters. The Morgan fingerprint density at radius 2 is 2.25 bits per heavy atom. The van der Waals surface area contributed by atoms with Crippen LogP contribution in [-0.4, -0.2) is 47.1 Å². The van der Waals surface area contributed by atoms with Gasteiger partial charge in [-0.15, -0.1) is 0 Å². The highest BCUT2D eigenvalue weighted by Crippen LogP contribution is 2.19. The Morgan fingerprint density at radius 1 is 1.38 bits per heavy atom. The summed E-state index contributed by atoms with van der Waals surface area (Å²) in [4.78, 5) is 33.2. The van der Waals surface area contributed by atoms with Gasteiger partial charge in [-0.3, -0.25) is 4.79 Å². The molecule has 0 aromatic carbocycles. The summed E-state index contributed by atoms with van der Waals surface area (Å²) in [6.45, 7) is 1.06. The number of rotatable bonds is 4. The molecule has 126 valence electrons. The first-order valence-electron chi connectivity index (χ1n) is 7.57. The summed E-state index contributed by atoms with van der Waals surface area (Å²) in [6, 6.07) is 4.58. The van der Waals surface area contributed by atoms with E-state index in [1.807, 2.05) is 0 Å². The van der Waals surface area contributed by atoms with Crippen LogP contribution in [0.15, 0.2) is 39.9 Å². The van der Waals surface area contributed by atoms with Crippen LogP contribution in [0.5, 0.6) is 11.9 Å². The third-order valence-electron chi connectivity index (χ3n) is 3.69. The van der Waals surface area contributed by atoms with E-state index in [-0.39, 0.29) is 18.0 Å². The molecule has 1 aliphatic rings. The molecule has 0 aliphatic carbocycles. The zero-order valence-corrected chi connectivity index (χ0v) is 13.2. The van der Waals surface area contributed by atoms with Gasteiger partial charge in [0.2, 0.25) is 5.88 Å². The molecule has 1 fully saturated rings. The first kappa shape index (κ1) is 16.0. The number of methoxy groups -OCH3 is 1. The lowest BCUT2D eigenvalue weighted by atomic mass is 10.1. The summed E-state index contributed by atoms with van der Waals surface area (Å²) in [5.41, 5.74) is -0.136. The second-order valence-electron chi connectivity index (χ2n) is 5.36. The number of carbonyl (C=O) groups is 1. The van der Waals surface area contributed by atoms with E-state index in [9.17, 15) is 9.59 Å². The van der Waals surface area contributed by atoms with Crippen LogP contribution in [0.25, 0.3) is 0 Å². The van der Waals surface area contributed by atoms with E-state index in [4.69, 9.17) is 13.9 Å². The predicted octanol–water partition coefficient (Wildman–Crippen LogP) is 1.12. The maximum Gasteiger partial charge on any atom is 0.335 e. The van der Waals surface area contributed by atoms with Crippen LogP contribution >= 0.6 is 0 Å².